The Balaban J connectivity index is 2.52. The average molecular weight is 215 g/mol. The lowest BCUT2D eigenvalue weighted by Crippen LogP contribution is -2.01. The van der Waals surface area contributed by atoms with Gasteiger partial charge in [0.1, 0.15) is 0 Å². The third-order valence-electron chi connectivity index (χ3n) is 1.43. The lowest BCUT2D eigenvalue weighted by atomic mass is 10.2. The quantitative estimate of drug-likeness (QED) is 0.833. The third-order valence-corrected chi connectivity index (χ3v) is 1.89. The Labute approximate surface area is 75.0 Å². The van der Waals surface area contributed by atoms with E-state index < -0.39 is 0 Å². The van der Waals surface area contributed by atoms with Crippen molar-refractivity contribution < 1.29 is 0 Å². The van der Waals surface area contributed by atoms with Crippen molar-refractivity contribution in [3.63, 3.8) is 0 Å². The zero-order valence-electron chi connectivity index (χ0n) is 6.26. The summed E-state index contributed by atoms with van der Waals surface area (Å²) in [5, 5.41) is 0. The number of nitrogens with zero attached hydrogens (tertiary/aromatic N) is 1. The molecule has 0 aliphatic heterocycles. The van der Waals surface area contributed by atoms with Gasteiger partial charge in [0, 0.05) is 16.4 Å². The zero-order chi connectivity index (χ0) is 8.10. The van der Waals surface area contributed by atoms with E-state index in [4.69, 9.17) is 5.73 Å². The van der Waals surface area contributed by atoms with E-state index in [9.17, 15) is 0 Å². The molecule has 2 nitrogen and oxygen atoms in total. The van der Waals surface area contributed by atoms with E-state index in [0.717, 1.165) is 29.6 Å². The average Bonchev–Trinajstić information content (AvgIpc) is 2.04. The third kappa shape index (κ3) is 2.99. The first-order valence-corrected chi connectivity index (χ1v) is 4.42. The summed E-state index contributed by atoms with van der Waals surface area (Å²) in [5.41, 5.74) is 6.48. The number of aromatic nitrogens is 1. The van der Waals surface area contributed by atoms with Gasteiger partial charge in [-0.1, -0.05) is 0 Å². The van der Waals surface area contributed by atoms with Crippen molar-refractivity contribution in [2.75, 3.05) is 6.54 Å². The van der Waals surface area contributed by atoms with Gasteiger partial charge in [-0.15, -0.1) is 0 Å². The fourth-order valence-electron chi connectivity index (χ4n) is 0.838. The molecule has 0 unspecified atom stereocenters. The Bertz CT molecular complexity index is 208. The Morgan fingerprint density at radius 1 is 1.45 bits per heavy atom. The molecular weight excluding hydrogens is 204 g/mol. The van der Waals surface area contributed by atoms with Gasteiger partial charge in [0.25, 0.3) is 0 Å². The highest BCUT2D eigenvalue weighted by atomic mass is 79.9. The molecule has 0 atom stereocenters. The van der Waals surface area contributed by atoms with E-state index in [1.165, 1.54) is 0 Å². The number of aryl methyl sites for hydroxylation is 1. The molecule has 0 fully saturated rings. The van der Waals surface area contributed by atoms with E-state index >= 15 is 0 Å². The molecule has 0 aliphatic carbocycles. The summed E-state index contributed by atoms with van der Waals surface area (Å²) >= 11 is 3.33. The van der Waals surface area contributed by atoms with Gasteiger partial charge in [0.2, 0.25) is 0 Å². The first kappa shape index (κ1) is 8.68. The van der Waals surface area contributed by atoms with Crippen LogP contribution < -0.4 is 5.73 Å². The molecule has 0 aromatic carbocycles. The van der Waals surface area contributed by atoms with Crippen molar-refractivity contribution in [1.29, 1.82) is 0 Å². The zero-order valence-corrected chi connectivity index (χ0v) is 7.84. The van der Waals surface area contributed by atoms with Crippen molar-refractivity contribution in [3.05, 3.63) is 28.5 Å². The van der Waals surface area contributed by atoms with Crippen LogP contribution in [0.25, 0.3) is 0 Å². The van der Waals surface area contributed by atoms with Crippen LogP contribution in [0.3, 0.4) is 0 Å². The van der Waals surface area contributed by atoms with E-state index in [1.807, 2.05) is 18.3 Å². The predicted molar refractivity (Wildman–Crippen MR) is 49.3 cm³/mol. The van der Waals surface area contributed by atoms with Crippen molar-refractivity contribution >= 4 is 15.9 Å². The molecular formula is C8H11BrN2. The van der Waals surface area contributed by atoms with Gasteiger partial charge in [-0.25, -0.2) is 0 Å². The normalized spacial score (nSPS) is 10.0. The van der Waals surface area contributed by atoms with Gasteiger partial charge in [-0.3, -0.25) is 4.98 Å². The summed E-state index contributed by atoms with van der Waals surface area (Å²) in [5.74, 6) is 0. The molecule has 60 valence electrons. The van der Waals surface area contributed by atoms with Crippen molar-refractivity contribution in [3.8, 4) is 0 Å². The molecule has 1 aromatic rings. The largest absolute Gasteiger partial charge is 0.330 e. The molecule has 0 bridgehead atoms. The second-order valence-corrected chi connectivity index (χ2v) is 3.28. The summed E-state index contributed by atoms with van der Waals surface area (Å²) in [6.45, 7) is 0.734. The second-order valence-electron chi connectivity index (χ2n) is 2.36. The molecule has 0 aliphatic rings. The van der Waals surface area contributed by atoms with Gasteiger partial charge in [-0.05, 0) is 47.4 Å². The number of nitrogens with two attached hydrogens (primary N) is 1. The van der Waals surface area contributed by atoms with Crippen LogP contribution in [0.15, 0.2) is 22.8 Å². The second kappa shape index (κ2) is 4.46. The van der Waals surface area contributed by atoms with Crippen LogP contribution in [0.5, 0.6) is 0 Å². The van der Waals surface area contributed by atoms with Crippen molar-refractivity contribution in [1.82, 2.24) is 4.98 Å². The van der Waals surface area contributed by atoms with Crippen LogP contribution in [0.4, 0.5) is 0 Å². The highest BCUT2D eigenvalue weighted by Gasteiger charge is 1.92. The Morgan fingerprint density at radius 3 is 2.82 bits per heavy atom. The molecule has 3 heteroatoms. The minimum absolute atomic E-state index is 0.734. The lowest BCUT2D eigenvalue weighted by Gasteiger charge is -1.97. The Morgan fingerprint density at radius 2 is 2.27 bits per heavy atom. The number of pyridine rings is 1. The fourth-order valence-corrected chi connectivity index (χ4v) is 1.07. The van der Waals surface area contributed by atoms with Gasteiger partial charge in [-0.2, -0.15) is 0 Å². The number of hydrogen-bond acceptors (Lipinski definition) is 2. The van der Waals surface area contributed by atoms with Crippen LogP contribution in [-0.4, -0.2) is 11.5 Å². The first-order valence-electron chi connectivity index (χ1n) is 3.63. The molecule has 11 heavy (non-hydrogen) atoms. The van der Waals surface area contributed by atoms with Gasteiger partial charge >= 0.3 is 0 Å². The first-order chi connectivity index (χ1) is 5.33. The van der Waals surface area contributed by atoms with Crippen molar-refractivity contribution in [2.45, 2.75) is 12.8 Å². The fraction of sp³-hybridized carbons (Fsp3) is 0.375. The van der Waals surface area contributed by atoms with E-state index in [0.29, 0.717) is 0 Å². The molecule has 0 radical (unpaired) electrons. The van der Waals surface area contributed by atoms with Crippen LogP contribution in [0.1, 0.15) is 12.1 Å². The smallest absolute Gasteiger partial charge is 0.0413 e. The topological polar surface area (TPSA) is 38.9 Å². The molecule has 0 saturated heterocycles. The maximum absolute atomic E-state index is 5.37. The molecule has 0 amide bonds. The van der Waals surface area contributed by atoms with E-state index in [1.54, 1.807) is 0 Å². The van der Waals surface area contributed by atoms with Crippen LogP contribution in [-0.2, 0) is 6.42 Å². The van der Waals surface area contributed by atoms with Crippen LogP contribution >= 0.6 is 15.9 Å². The minimum Gasteiger partial charge on any atom is -0.330 e. The monoisotopic (exact) mass is 214 g/mol. The molecule has 1 aromatic heterocycles. The standard InChI is InChI=1S/C8H11BrN2/c9-7-3-4-8(11-6-7)2-1-5-10/h3-4,6H,1-2,5,10H2. The maximum atomic E-state index is 5.37. The van der Waals surface area contributed by atoms with Crippen LogP contribution in [0, 0.1) is 0 Å². The summed E-state index contributed by atoms with van der Waals surface area (Å²) in [6.07, 6.45) is 3.80. The number of rotatable bonds is 3. The highest BCUT2D eigenvalue weighted by molar-refractivity contribution is 9.10. The van der Waals surface area contributed by atoms with Crippen molar-refractivity contribution in [2.24, 2.45) is 5.73 Å². The molecule has 1 heterocycles. The summed E-state index contributed by atoms with van der Waals surface area (Å²) in [6, 6.07) is 4.01. The predicted octanol–water partition coefficient (Wildman–Crippen LogP) is 1.74. The Hall–Kier alpha value is -0.410. The molecule has 0 saturated carbocycles. The summed E-state index contributed by atoms with van der Waals surface area (Å²) in [7, 11) is 0. The molecule has 0 spiro atoms. The number of halogens is 1. The highest BCUT2D eigenvalue weighted by Crippen LogP contribution is 2.08. The van der Waals surface area contributed by atoms with Gasteiger partial charge < -0.3 is 5.73 Å². The Kier molecular flexibility index (Phi) is 3.52. The van der Waals surface area contributed by atoms with E-state index in [2.05, 4.69) is 20.9 Å². The van der Waals surface area contributed by atoms with Gasteiger partial charge in [0.05, 0.1) is 0 Å². The summed E-state index contributed by atoms with van der Waals surface area (Å²) in [4.78, 5) is 4.21. The minimum atomic E-state index is 0.734. The number of hydrogen-bond donors (Lipinski definition) is 1. The molecule has 1 rings (SSSR count). The summed E-state index contributed by atoms with van der Waals surface area (Å²) < 4.78 is 1.02. The maximum Gasteiger partial charge on any atom is 0.0413 e. The van der Waals surface area contributed by atoms with E-state index in [-0.39, 0.29) is 0 Å². The lowest BCUT2D eigenvalue weighted by molar-refractivity contribution is 0.810. The van der Waals surface area contributed by atoms with Gasteiger partial charge in [0.15, 0.2) is 0 Å². The molecule has 2 N–H and O–H groups in total. The van der Waals surface area contributed by atoms with Crippen LogP contribution in [0.2, 0.25) is 0 Å². The SMILES string of the molecule is NCCCc1ccc(Br)cn1.